The zero-order chi connectivity index (χ0) is 13.7. The Morgan fingerprint density at radius 1 is 1.42 bits per heavy atom. The molecule has 2 aromatic heterocycles. The van der Waals surface area contributed by atoms with E-state index in [2.05, 4.69) is 20.5 Å². The van der Waals surface area contributed by atoms with Crippen LogP contribution in [0.25, 0.3) is 0 Å². The predicted octanol–water partition coefficient (Wildman–Crippen LogP) is 2.44. The highest BCUT2D eigenvalue weighted by molar-refractivity contribution is 7.15. The van der Waals surface area contributed by atoms with Gasteiger partial charge in [0, 0.05) is 18.8 Å². The second kappa shape index (κ2) is 6.28. The molecule has 100 valence electrons. The van der Waals surface area contributed by atoms with E-state index in [0.29, 0.717) is 17.8 Å². The van der Waals surface area contributed by atoms with E-state index in [-0.39, 0.29) is 17.5 Å². The largest absolute Gasteiger partial charge is 0.301 e. The van der Waals surface area contributed by atoms with E-state index < -0.39 is 11.4 Å². The third-order valence-corrected chi connectivity index (χ3v) is 3.08. The summed E-state index contributed by atoms with van der Waals surface area (Å²) in [6.07, 6.45) is 1.41. The molecule has 2 aromatic rings. The number of hydrogen-bond acceptors (Lipinski definition) is 5. The quantitative estimate of drug-likeness (QED) is 0.915. The molecule has 2 heterocycles. The number of aryl methyl sites for hydroxylation is 1. The lowest BCUT2D eigenvalue weighted by molar-refractivity contribution is -0.116. The van der Waals surface area contributed by atoms with Crippen molar-refractivity contribution in [3.8, 4) is 0 Å². The average Bonchev–Trinajstić information content (AvgIpc) is 2.86. The second-order valence-electron chi connectivity index (χ2n) is 3.66. The van der Waals surface area contributed by atoms with Gasteiger partial charge in [-0.15, -0.1) is 10.2 Å². The molecule has 19 heavy (non-hydrogen) atoms. The summed E-state index contributed by atoms with van der Waals surface area (Å²) in [6, 6.07) is 3.65. The average molecular weight is 284 g/mol. The van der Waals surface area contributed by atoms with Gasteiger partial charge < -0.3 is 5.32 Å². The Bertz CT molecular complexity index is 547. The van der Waals surface area contributed by atoms with Crippen LogP contribution in [-0.2, 0) is 11.2 Å². The molecule has 0 aliphatic heterocycles. The van der Waals surface area contributed by atoms with Crippen molar-refractivity contribution < 1.29 is 13.6 Å². The molecule has 0 aromatic carbocycles. The topological polar surface area (TPSA) is 67.8 Å². The molecule has 2 rings (SSSR count). The molecule has 0 radical (unpaired) electrons. The van der Waals surface area contributed by atoms with Gasteiger partial charge in [0.2, 0.25) is 11.0 Å². The Labute approximate surface area is 111 Å². The molecular weight excluding hydrogens is 274 g/mol. The van der Waals surface area contributed by atoms with Gasteiger partial charge in [0.15, 0.2) is 5.01 Å². The molecule has 0 saturated carbocycles. The van der Waals surface area contributed by atoms with Gasteiger partial charge in [0.25, 0.3) is 6.43 Å². The number of alkyl halides is 2. The Morgan fingerprint density at radius 2 is 2.26 bits per heavy atom. The van der Waals surface area contributed by atoms with Gasteiger partial charge >= 0.3 is 0 Å². The lowest BCUT2D eigenvalue weighted by Crippen LogP contribution is -2.12. The Balaban J connectivity index is 1.84. The Morgan fingerprint density at radius 3 is 2.89 bits per heavy atom. The van der Waals surface area contributed by atoms with Crippen LogP contribution in [0.15, 0.2) is 24.5 Å². The molecule has 0 saturated heterocycles. The van der Waals surface area contributed by atoms with Crippen molar-refractivity contribution in [3.63, 3.8) is 0 Å². The predicted molar refractivity (Wildman–Crippen MR) is 66.1 cm³/mol. The van der Waals surface area contributed by atoms with E-state index >= 15 is 0 Å². The third kappa shape index (κ3) is 4.02. The van der Waals surface area contributed by atoms with Crippen LogP contribution in [0, 0.1) is 0 Å². The zero-order valence-electron chi connectivity index (χ0n) is 9.72. The highest BCUT2D eigenvalue weighted by Gasteiger charge is 2.15. The number of carbonyl (C=O) groups excluding carboxylic acids is 1. The van der Waals surface area contributed by atoms with Crippen LogP contribution in [0.2, 0.25) is 0 Å². The van der Waals surface area contributed by atoms with Crippen LogP contribution in [0.5, 0.6) is 0 Å². The minimum atomic E-state index is -2.67. The van der Waals surface area contributed by atoms with Crippen molar-refractivity contribution in [3.05, 3.63) is 35.1 Å². The maximum absolute atomic E-state index is 12.3. The Kier molecular flexibility index (Phi) is 4.45. The zero-order valence-corrected chi connectivity index (χ0v) is 10.5. The van der Waals surface area contributed by atoms with Crippen molar-refractivity contribution in [2.45, 2.75) is 19.3 Å². The smallest absolute Gasteiger partial charge is 0.291 e. The molecular formula is C11H10F2N4OS. The highest BCUT2D eigenvalue weighted by Crippen LogP contribution is 2.25. The van der Waals surface area contributed by atoms with Crippen molar-refractivity contribution in [2.24, 2.45) is 0 Å². The summed E-state index contributed by atoms with van der Waals surface area (Å²) in [4.78, 5) is 15.5. The van der Waals surface area contributed by atoms with Gasteiger partial charge in [0.05, 0.1) is 0 Å². The number of carbonyl (C=O) groups is 1. The molecule has 0 aliphatic carbocycles. The van der Waals surface area contributed by atoms with Crippen molar-refractivity contribution in [2.75, 3.05) is 5.32 Å². The van der Waals surface area contributed by atoms with Crippen LogP contribution in [-0.4, -0.2) is 21.1 Å². The standard InChI is InChI=1S/C11H10F2N4OS/c12-9(13)10-16-17-11(19-10)15-8(18)4-3-7-2-1-5-14-6-7/h1-2,5-6,9H,3-4H2,(H,15,17,18). The number of nitrogens with zero attached hydrogens (tertiary/aromatic N) is 3. The van der Waals surface area contributed by atoms with Crippen molar-refractivity contribution in [1.82, 2.24) is 15.2 Å². The maximum atomic E-state index is 12.3. The molecule has 0 unspecified atom stereocenters. The molecule has 1 amide bonds. The van der Waals surface area contributed by atoms with Gasteiger partial charge in [-0.25, -0.2) is 8.78 Å². The highest BCUT2D eigenvalue weighted by atomic mass is 32.1. The first-order valence-corrected chi connectivity index (χ1v) is 6.27. The number of anilines is 1. The first-order chi connectivity index (χ1) is 9.15. The monoisotopic (exact) mass is 284 g/mol. The summed E-state index contributed by atoms with van der Waals surface area (Å²) in [6.45, 7) is 0. The van der Waals surface area contributed by atoms with E-state index in [1.807, 2.05) is 6.07 Å². The van der Waals surface area contributed by atoms with Gasteiger partial charge in [-0.1, -0.05) is 17.4 Å². The molecule has 0 aliphatic rings. The lowest BCUT2D eigenvalue weighted by Gasteiger charge is -2.01. The number of aromatic nitrogens is 3. The summed E-state index contributed by atoms with van der Waals surface area (Å²) in [5.74, 6) is -0.291. The summed E-state index contributed by atoms with van der Waals surface area (Å²) >= 11 is 0.674. The maximum Gasteiger partial charge on any atom is 0.291 e. The van der Waals surface area contributed by atoms with Crippen LogP contribution in [0.4, 0.5) is 13.9 Å². The van der Waals surface area contributed by atoms with Crippen LogP contribution < -0.4 is 5.32 Å². The van der Waals surface area contributed by atoms with Gasteiger partial charge in [-0.05, 0) is 18.1 Å². The summed E-state index contributed by atoms with van der Waals surface area (Å²) in [5.41, 5.74) is 0.934. The van der Waals surface area contributed by atoms with E-state index in [9.17, 15) is 13.6 Å². The van der Waals surface area contributed by atoms with Crippen LogP contribution in [0.1, 0.15) is 23.4 Å². The van der Waals surface area contributed by atoms with Gasteiger partial charge in [0.1, 0.15) is 0 Å². The normalized spacial score (nSPS) is 10.7. The second-order valence-corrected chi connectivity index (χ2v) is 4.66. The molecule has 0 spiro atoms. The fourth-order valence-electron chi connectivity index (χ4n) is 1.36. The SMILES string of the molecule is O=C(CCc1cccnc1)Nc1nnc(C(F)F)s1. The number of hydrogen-bond donors (Lipinski definition) is 1. The summed E-state index contributed by atoms with van der Waals surface area (Å²) < 4.78 is 24.6. The summed E-state index contributed by atoms with van der Waals surface area (Å²) in [5, 5.41) is 8.89. The Hall–Kier alpha value is -1.96. The lowest BCUT2D eigenvalue weighted by atomic mass is 10.1. The fourth-order valence-corrected chi connectivity index (χ4v) is 1.97. The minimum Gasteiger partial charge on any atom is -0.301 e. The first-order valence-electron chi connectivity index (χ1n) is 5.45. The number of amides is 1. The van der Waals surface area contributed by atoms with E-state index in [1.54, 1.807) is 18.5 Å². The molecule has 0 fully saturated rings. The number of halogens is 2. The number of rotatable bonds is 5. The van der Waals surface area contributed by atoms with Crippen molar-refractivity contribution >= 4 is 22.4 Å². The van der Waals surface area contributed by atoms with Gasteiger partial charge in [-0.2, -0.15) is 0 Å². The third-order valence-electron chi connectivity index (χ3n) is 2.24. The first kappa shape index (κ1) is 13.5. The molecule has 5 nitrogen and oxygen atoms in total. The molecule has 1 N–H and O–H groups in total. The number of pyridine rings is 1. The molecule has 0 atom stereocenters. The summed E-state index contributed by atoms with van der Waals surface area (Å²) in [7, 11) is 0. The van der Waals surface area contributed by atoms with Crippen molar-refractivity contribution in [1.29, 1.82) is 0 Å². The van der Waals surface area contributed by atoms with Crippen LogP contribution in [0.3, 0.4) is 0 Å². The van der Waals surface area contributed by atoms with E-state index in [4.69, 9.17) is 0 Å². The molecule has 8 heteroatoms. The van der Waals surface area contributed by atoms with E-state index in [1.165, 1.54) is 0 Å². The van der Waals surface area contributed by atoms with Gasteiger partial charge in [-0.3, -0.25) is 9.78 Å². The fraction of sp³-hybridized carbons (Fsp3) is 0.273. The van der Waals surface area contributed by atoms with E-state index in [0.717, 1.165) is 5.56 Å². The van der Waals surface area contributed by atoms with Crippen LogP contribution >= 0.6 is 11.3 Å². The molecule has 0 bridgehead atoms. The minimum absolute atomic E-state index is 0.0893. The number of nitrogens with one attached hydrogen (secondary N) is 1.